The number of nitrogens with one attached hydrogen (secondary N) is 1. The van der Waals surface area contributed by atoms with Crippen LogP contribution in [0.3, 0.4) is 0 Å². The highest BCUT2D eigenvalue weighted by Gasteiger charge is 2.04. The highest BCUT2D eigenvalue weighted by Crippen LogP contribution is 2.19. The summed E-state index contributed by atoms with van der Waals surface area (Å²) in [6, 6.07) is 12.9. The maximum atomic E-state index is 13.3. The van der Waals surface area contributed by atoms with E-state index in [0.29, 0.717) is 19.0 Å². The SMILES string of the molecule is Fc1cccc(CNCc2cccc(CCl)c2)c1Cl. The smallest absolute Gasteiger partial charge is 0.142 e. The second-order valence-electron chi connectivity index (χ2n) is 4.27. The third kappa shape index (κ3) is 3.93. The second kappa shape index (κ2) is 6.90. The highest BCUT2D eigenvalue weighted by molar-refractivity contribution is 6.31. The van der Waals surface area contributed by atoms with Gasteiger partial charge in [0.2, 0.25) is 0 Å². The topological polar surface area (TPSA) is 12.0 Å². The molecule has 4 heteroatoms. The normalized spacial score (nSPS) is 10.7. The molecule has 2 aromatic rings. The van der Waals surface area contributed by atoms with Gasteiger partial charge in [-0.2, -0.15) is 0 Å². The van der Waals surface area contributed by atoms with E-state index in [1.165, 1.54) is 6.07 Å². The van der Waals surface area contributed by atoms with Gasteiger partial charge in [0.1, 0.15) is 5.82 Å². The van der Waals surface area contributed by atoms with Crippen LogP contribution in [0.1, 0.15) is 16.7 Å². The molecule has 1 nitrogen and oxygen atoms in total. The minimum atomic E-state index is -0.384. The molecule has 0 fully saturated rings. The van der Waals surface area contributed by atoms with Crippen LogP contribution in [-0.2, 0) is 19.0 Å². The maximum absolute atomic E-state index is 13.3. The van der Waals surface area contributed by atoms with Crippen LogP contribution in [0.4, 0.5) is 4.39 Å². The monoisotopic (exact) mass is 297 g/mol. The van der Waals surface area contributed by atoms with Crippen LogP contribution in [-0.4, -0.2) is 0 Å². The standard InChI is InChI=1S/C15H14Cl2FN/c16-8-11-3-1-4-12(7-11)9-19-10-13-5-2-6-14(18)15(13)17/h1-7,19H,8-10H2. The maximum Gasteiger partial charge on any atom is 0.142 e. The highest BCUT2D eigenvalue weighted by atomic mass is 35.5. The molecule has 0 aliphatic rings. The van der Waals surface area contributed by atoms with Gasteiger partial charge in [-0.3, -0.25) is 0 Å². The lowest BCUT2D eigenvalue weighted by atomic mass is 10.1. The van der Waals surface area contributed by atoms with Crippen LogP contribution in [0, 0.1) is 5.82 Å². The summed E-state index contributed by atoms with van der Waals surface area (Å²) < 4.78 is 13.3. The molecule has 2 rings (SSSR count). The van der Waals surface area contributed by atoms with E-state index in [2.05, 4.69) is 5.32 Å². The van der Waals surface area contributed by atoms with Gasteiger partial charge in [0, 0.05) is 19.0 Å². The third-order valence-electron chi connectivity index (χ3n) is 2.82. The summed E-state index contributed by atoms with van der Waals surface area (Å²) >= 11 is 11.7. The van der Waals surface area contributed by atoms with Crippen LogP contribution in [0.5, 0.6) is 0 Å². The van der Waals surface area contributed by atoms with E-state index in [1.54, 1.807) is 6.07 Å². The molecule has 0 radical (unpaired) electrons. The predicted molar refractivity (Wildman–Crippen MR) is 78.0 cm³/mol. The molecule has 0 aliphatic carbocycles. The molecule has 1 N–H and O–H groups in total. The summed E-state index contributed by atoms with van der Waals surface area (Å²) in [5, 5.41) is 3.43. The number of alkyl halides is 1. The van der Waals surface area contributed by atoms with Crippen molar-refractivity contribution >= 4 is 23.2 Å². The lowest BCUT2D eigenvalue weighted by molar-refractivity contribution is 0.620. The van der Waals surface area contributed by atoms with Crippen LogP contribution in [0.2, 0.25) is 5.02 Å². The van der Waals surface area contributed by atoms with E-state index in [9.17, 15) is 4.39 Å². The molecule has 0 atom stereocenters. The van der Waals surface area contributed by atoms with Gasteiger partial charge >= 0.3 is 0 Å². The first kappa shape index (κ1) is 14.3. The summed E-state index contributed by atoms with van der Waals surface area (Å²) in [5.41, 5.74) is 2.99. The minimum Gasteiger partial charge on any atom is -0.309 e. The Morgan fingerprint density at radius 3 is 2.53 bits per heavy atom. The van der Waals surface area contributed by atoms with E-state index >= 15 is 0 Å². The second-order valence-corrected chi connectivity index (χ2v) is 4.92. The predicted octanol–water partition coefficient (Wildman–Crippen LogP) is 4.51. The van der Waals surface area contributed by atoms with Crippen molar-refractivity contribution in [3.63, 3.8) is 0 Å². The van der Waals surface area contributed by atoms with Crippen molar-refractivity contribution in [2.45, 2.75) is 19.0 Å². The fourth-order valence-electron chi connectivity index (χ4n) is 1.85. The van der Waals surface area contributed by atoms with Gasteiger partial charge in [-0.1, -0.05) is 48.0 Å². The first-order valence-electron chi connectivity index (χ1n) is 5.98. The van der Waals surface area contributed by atoms with Gasteiger partial charge < -0.3 is 5.32 Å². The first-order valence-corrected chi connectivity index (χ1v) is 6.89. The summed E-state index contributed by atoms with van der Waals surface area (Å²) in [6.45, 7) is 1.22. The Kier molecular flexibility index (Phi) is 5.20. The molecule has 2 aromatic carbocycles. The third-order valence-corrected chi connectivity index (χ3v) is 3.55. The Labute approximate surface area is 122 Å². The Balaban J connectivity index is 1.94. The number of benzene rings is 2. The quantitative estimate of drug-likeness (QED) is 0.801. The van der Waals surface area contributed by atoms with Crippen LogP contribution in [0.15, 0.2) is 42.5 Å². The molecule has 0 aromatic heterocycles. The summed E-state index contributed by atoms with van der Waals surface area (Å²) in [4.78, 5) is 0. The Hall–Kier alpha value is -1.09. The first-order chi connectivity index (χ1) is 9.20. The van der Waals surface area contributed by atoms with Crippen molar-refractivity contribution in [3.8, 4) is 0 Å². The number of hydrogen-bond donors (Lipinski definition) is 1. The van der Waals surface area contributed by atoms with Crippen LogP contribution >= 0.6 is 23.2 Å². The Morgan fingerprint density at radius 1 is 1.00 bits per heavy atom. The average Bonchev–Trinajstić information content (AvgIpc) is 2.44. The molecular formula is C15H14Cl2FN. The molecule has 0 saturated carbocycles. The Morgan fingerprint density at radius 2 is 1.74 bits per heavy atom. The van der Waals surface area contributed by atoms with E-state index in [-0.39, 0.29) is 10.8 Å². The molecule has 100 valence electrons. The molecular weight excluding hydrogens is 284 g/mol. The van der Waals surface area contributed by atoms with E-state index in [1.807, 2.05) is 30.3 Å². The van der Waals surface area contributed by atoms with E-state index < -0.39 is 0 Å². The van der Waals surface area contributed by atoms with Crippen molar-refractivity contribution in [2.75, 3.05) is 0 Å². The number of rotatable bonds is 5. The minimum absolute atomic E-state index is 0.185. The fraction of sp³-hybridized carbons (Fsp3) is 0.200. The van der Waals surface area contributed by atoms with Gasteiger partial charge in [0.25, 0.3) is 0 Å². The van der Waals surface area contributed by atoms with Crippen LogP contribution < -0.4 is 5.32 Å². The molecule has 19 heavy (non-hydrogen) atoms. The van der Waals surface area contributed by atoms with E-state index in [4.69, 9.17) is 23.2 Å². The molecule has 0 heterocycles. The molecule has 0 bridgehead atoms. The molecule has 0 aliphatic heterocycles. The van der Waals surface area contributed by atoms with Gasteiger partial charge in [0.05, 0.1) is 5.02 Å². The lowest BCUT2D eigenvalue weighted by Crippen LogP contribution is -2.13. The van der Waals surface area contributed by atoms with E-state index in [0.717, 1.165) is 16.7 Å². The van der Waals surface area contributed by atoms with Gasteiger partial charge in [-0.25, -0.2) is 4.39 Å². The van der Waals surface area contributed by atoms with Gasteiger partial charge in [-0.05, 0) is 22.8 Å². The summed E-state index contributed by atoms with van der Waals surface area (Å²) in [6.07, 6.45) is 0. The van der Waals surface area contributed by atoms with Crippen molar-refractivity contribution in [2.24, 2.45) is 0 Å². The zero-order chi connectivity index (χ0) is 13.7. The van der Waals surface area contributed by atoms with Crippen molar-refractivity contribution in [3.05, 3.63) is 70.0 Å². The summed E-state index contributed by atoms with van der Waals surface area (Å²) in [7, 11) is 0. The molecule has 0 saturated heterocycles. The lowest BCUT2D eigenvalue weighted by Gasteiger charge is -2.08. The van der Waals surface area contributed by atoms with Crippen molar-refractivity contribution in [1.82, 2.24) is 5.32 Å². The summed E-state index contributed by atoms with van der Waals surface area (Å²) in [5.74, 6) is 0.119. The number of halogens is 3. The number of hydrogen-bond acceptors (Lipinski definition) is 1. The van der Waals surface area contributed by atoms with Crippen molar-refractivity contribution in [1.29, 1.82) is 0 Å². The largest absolute Gasteiger partial charge is 0.309 e. The van der Waals surface area contributed by atoms with Crippen molar-refractivity contribution < 1.29 is 4.39 Å². The fourth-order valence-corrected chi connectivity index (χ4v) is 2.21. The molecule has 0 spiro atoms. The van der Waals surface area contributed by atoms with Gasteiger partial charge in [0.15, 0.2) is 0 Å². The van der Waals surface area contributed by atoms with Crippen LogP contribution in [0.25, 0.3) is 0 Å². The zero-order valence-corrected chi connectivity index (χ0v) is 11.8. The molecule has 0 unspecified atom stereocenters. The van der Waals surface area contributed by atoms with Gasteiger partial charge in [-0.15, -0.1) is 11.6 Å². The average molecular weight is 298 g/mol. The zero-order valence-electron chi connectivity index (χ0n) is 10.3. The Bertz CT molecular complexity index is 558. The molecule has 0 amide bonds.